The third kappa shape index (κ3) is 9.56. The van der Waals surface area contributed by atoms with E-state index in [0.29, 0.717) is 31.6 Å². The fraction of sp³-hybridized carbons (Fsp3) is 0.333. The number of H-pyrrole nitrogens is 2. The van der Waals surface area contributed by atoms with Gasteiger partial charge in [-0.2, -0.15) is 13.2 Å². The number of anilines is 1. The SMILES string of the molecule is COC(=O)N[C@H]1CCc2cccc3c2N(C1=O)[C@H](c1ncc(-c2cnc4cc(-c5ccc(-c6cnc([C@@H]7CCCN7C(=O)[C@@H](NC(=O)OC)C(C)C)[nH]6)cc5)ccc4c2)[nH]1)C3.O=C(O)C(F)(F)F. The molecule has 0 spiro atoms. The quantitative estimate of drug-likeness (QED) is 0.0946. The Bertz CT molecular complexity index is 2880. The predicted molar refractivity (Wildman–Crippen MR) is 242 cm³/mol. The number of hydrogen-bond donors (Lipinski definition) is 5. The summed E-state index contributed by atoms with van der Waals surface area (Å²) in [6.07, 6.45) is 2.42. The van der Waals surface area contributed by atoms with Crippen molar-refractivity contribution in [1.29, 1.82) is 0 Å². The zero-order chi connectivity index (χ0) is 48.4. The minimum atomic E-state index is -5.08. The van der Waals surface area contributed by atoms with E-state index < -0.39 is 36.4 Å². The number of hydrogen-bond acceptors (Lipinski definition) is 10. The molecular formula is C48H48F3N9O8. The molecule has 20 heteroatoms. The van der Waals surface area contributed by atoms with Crippen LogP contribution in [0.5, 0.6) is 0 Å². The number of carbonyl (C=O) groups is 5. The van der Waals surface area contributed by atoms with Crippen LogP contribution in [0.25, 0.3) is 44.5 Å². The highest BCUT2D eigenvalue weighted by Crippen LogP contribution is 2.45. The van der Waals surface area contributed by atoms with Gasteiger partial charge in [0.2, 0.25) is 11.8 Å². The van der Waals surface area contributed by atoms with Crippen molar-refractivity contribution in [3.8, 4) is 33.6 Å². The summed E-state index contributed by atoms with van der Waals surface area (Å²) in [6.45, 7) is 4.39. The normalized spacial score (nSPS) is 18.1. The lowest BCUT2D eigenvalue weighted by Crippen LogP contribution is -2.51. The number of aryl methyl sites for hydroxylation is 1. The first-order valence-electron chi connectivity index (χ1n) is 21.9. The van der Waals surface area contributed by atoms with Crippen LogP contribution in [0.3, 0.4) is 0 Å². The highest BCUT2D eigenvalue weighted by molar-refractivity contribution is 6.02. The Morgan fingerprint density at radius 3 is 2.09 bits per heavy atom. The van der Waals surface area contributed by atoms with Crippen LogP contribution < -0.4 is 15.5 Å². The maximum atomic E-state index is 14.0. The summed E-state index contributed by atoms with van der Waals surface area (Å²) in [7, 11) is 2.58. The molecule has 4 amide bonds. The van der Waals surface area contributed by atoms with E-state index in [1.165, 1.54) is 14.2 Å². The van der Waals surface area contributed by atoms with Gasteiger partial charge in [0.15, 0.2) is 0 Å². The number of nitrogens with zero attached hydrogens (tertiary/aromatic N) is 5. The van der Waals surface area contributed by atoms with E-state index >= 15 is 0 Å². The van der Waals surface area contributed by atoms with Crippen molar-refractivity contribution < 1.29 is 51.7 Å². The van der Waals surface area contributed by atoms with Crippen LogP contribution in [0.15, 0.2) is 85.3 Å². The number of fused-ring (bicyclic) bond motifs is 1. The number of ether oxygens (including phenoxy) is 2. The average molecular weight is 936 g/mol. The molecule has 3 aromatic carbocycles. The lowest BCUT2D eigenvalue weighted by atomic mass is 10.0. The van der Waals surface area contributed by atoms with Crippen molar-refractivity contribution in [3.05, 3.63) is 108 Å². The van der Waals surface area contributed by atoms with Crippen LogP contribution in [0.4, 0.5) is 28.4 Å². The molecule has 9 rings (SSSR count). The van der Waals surface area contributed by atoms with Crippen molar-refractivity contribution in [2.75, 3.05) is 25.7 Å². The number of alkyl halides is 3. The molecule has 1 fully saturated rings. The molecule has 17 nitrogen and oxygen atoms in total. The first-order valence-corrected chi connectivity index (χ1v) is 21.9. The molecule has 5 N–H and O–H groups in total. The molecule has 6 heterocycles. The number of likely N-dealkylation sites (tertiary alicyclic amines) is 1. The first-order chi connectivity index (χ1) is 32.5. The van der Waals surface area contributed by atoms with Gasteiger partial charge < -0.3 is 40.1 Å². The Hall–Kier alpha value is -7.77. The van der Waals surface area contributed by atoms with Crippen molar-refractivity contribution in [3.63, 3.8) is 0 Å². The number of carboxylic acid groups (broad SMARTS) is 1. The fourth-order valence-corrected chi connectivity index (χ4v) is 8.97. The van der Waals surface area contributed by atoms with Gasteiger partial charge in [0.1, 0.15) is 23.7 Å². The number of aromatic amines is 2. The summed E-state index contributed by atoms with van der Waals surface area (Å²) in [6, 6.07) is 20.7. The number of carboxylic acids is 1. The van der Waals surface area contributed by atoms with Gasteiger partial charge in [0, 0.05) is 30.1 Å². The van der Waals surface area contributed by atoms with Crippen LogP contribution in [-0.4, -0.2) is 104 Å². The van der Waals surface area contributed by atoms with Crippen molar-refractivity contribution in [2.45, 2.75) is 76.3 Å². The predicted octanol–water partition coefficient (Wildman–Crippen LogP) is 7.66. The molecule has 0 radical (unpaired) electrons. The molecular weight excluding hydrogens is 888 g/mol. The monoisotopic (exact) mass is 935 g/mol. The molecule has 4 atom stereocenters. The second kappa shape index (κ2) is 19.2. The summed E-state index contributed by atoms with van der Waals surface area (Å²) in [5.41, 5.74) is 9.44. The number of aromatic nitrogens is 5. The molecule has 6 aromatic rings. The summed E-state index contributed by atoms with van der Waals surface area (Å²) in [5.74, 6) is -1.81. The summed E-state index contributed by atoms with van der Waals surface area (Å²) in [4.78, 5) is 85.4. The topological polar surface area (TPSA) is 225 Å². The van der Waals surface area contributed by atoms with Gasteiger partial charge in [-0.25, -0.2) is 24.4 Å². The standard InChI is InChI=1S/C46H47N9O6.C2HF3O2/c1-25(2)39(53-46(59)61-4)44(57)54-18-6-9-37(54)41-48-23-35(50-41)27-12-10-26(11-13-27)29-14-15-30-19-32(22-47-34(30)20-29)36-24-49-42(51-36)38-21-31-8-5-7-28-16-17-33(52-45(58)60-3)43(56)55(38)40(28)31;3-2(4,5)1(6)7/h5,7-8,10-15,19-20,22-25,33,37-39H,6,9,16-18,21H2,1-4H3,(H,48,50)(H,49,51)(H,52,58)(H,53,59);(H,6,7)/t33-,37-,38-,39-;/m0./s1. The number of nitrogens with one attached hydrogen (secondary N) is 4. The molecule has 1 saturated heterocycles. The number of rotatable bonds is 9. The number of imidazole rings is 2. The van der Waals surface area contributed by atoms with Crippen LogP contribution >= 0.6 is 0 Å². The third-order valence-electron chi connectivity index (χ3n) is 12.4. The number of alkyl carbamates (subject to hydrolysis) is 2. The number of amides is 4. The number of benzene rings is 3. The molecule has 0 bridgehead atoms. The van der Waals surface area contributed by atoms with Gasteiger partial charge in [0.25, 0.3) is 0 Å². The summed E-state index contributed by atoms with van der Waals surface area (Å²) >= 11 is 0. The van der Waals surface area contributed by atoms with Crippen LogP contribution in [0, 0.1) is 5.92 Å². The second-order valence-corrected chi connectivity index (χ2v) is 17.0. The molecule has 0 aliphatic carbocycles. The minimum absolute atomic E-state index is 0.111. The molecule has 3 aromatic heterocycles. The van der Waals surface area contributed by atoms with Gasteiger partial charge in [-0.05, 0) is 71.6 Å². The van der Waals surface area contributed by atoms with Crippen molar-refractivity contribution >= 4 is 46.6 Å². The number of aliphatic carboxylic acids is 1. The highest BCUT2D eigenvalue weighted by Gasteiger charge is 2.43. The van der Waals surface area contributed by atoms with E-state index in [1.54, 1.807) is 22.2 Å². The Morgan fingerprint density at radius 1 is 0.794 bits per heavy atom. The first kappa shape index (κ1) is 46.7. The third-order valence-corrected chi connectivity index (χ3v) is 12.4. The molecule has 0 saturated carbocycles. The van der Waals surface area contributed by atoms with E-state index in [9.17, 15) is 32.3 Å². The Balaban J connectivity index is 0.000000830. The number of carbonyl (C=O) groups excluding carboxylic acids is 4. The number of pyridine rings is 1. The Kier molecular flexibility index (Phi) is 13.2. The number of halogens is 3. The van der Waals surface area contributed by atoms with Crippen molar-refractivity contribution in [2.24, 2.45) is 5.92 Å². The fourth-order valence-electron chi connectivity index (χ4n) is 8.97. The zero-order valence-corrected chi connectivity index (χ0v) is 37.4. The lowest BCUT2D eigenvalue weighted by molar-refractivity contribution is -0.192. The molecule has 354 valence electrons. The Morgan fingerprint density at radius 2 is 1.43 bits per heavy atom. The van der Waals surface area contributed by atoms with Gasteiger partial charge >= 0.3 is 24.3 Å². The molecule has 3 aliphatic heterocycles. The van der Waals surface area contributed by atoms with Crippen LogP contribution in [0.1, 0.15) is 68.0 Å². The average Bonchev–Trinajstić information content (AvgIpc) is 4.17. The number of para-hydroxylation sites is 1. The van der Waals surface area contributed by atoms with Gasteiger partial charge in [-0.3, -0.25) is 19.5 Å². The van der Waals surface area contributed by atoms with Gasteiger partial charge in [-0.15, -0.1) is 0 Å². The molecule has 3 aliphatic rings. The highest BCUT2D eigenvalue weighted by atomic mass is 19.4. The largest absolute Gasteiger partial charge is 0.490 e. The van der Waals surface area contributed by atoms with E-state index in [4.69, 9.17) is 29.3 Å². The van der Waals surface area contributed by atoms with E-state index in [-0.39, 0.29) is 29.8 Å². The molecule has 0 unspecified atom stereocenters. The van der Waals surface area contributed by atoms with E-state index in [0.717, 1.165) is 80.0 Å². The van der Waals surface area contributed by atoms with E-state index in [1.807, 2.05) is 32.2 Å². The maximum absolute atomic E-state index is 14.0. The molecule has 68 heavy (non-hydrogen) atoms. The van der Waals surface area contributed by atoms with Crippen LogP contribution in [-0.2, 0) is 36.7 Å². The summed E-state index contributed by atoms with van der Waals surface area (Å²) in [5, 5.41) is 13.5. The maximum Gasteiger partial charge on any atom is 0.490 e. The zero-order valence-electron chi connectivity index (χ0n) is 37.4. The lowest BCUT2D eigenvalue weighted by Gasteiger charge is -2.30. The minimum Gasteiger partial charge on any atom is -0.475 e. The van der Waals surface area contributed by atoms with Gasteiger partial charge in [-0.1, -0.05) is 68.4 Å². The second-order valence-electron chi connectivity index (χ2n) is 17.0. The van der Waals surface area contributed by atoms with Gasteiger partial charge in [0.05, 0.1) is 61.3 Å². The Labute approximate surface area is 387 Å². The smallest absolute Gasteiger partial charge is 0.475 e. The van der Waals surface area contributed by atoms with Crippen molar-refractivity contribution in [1.82, 2.24) is 40.5 Å². The number of methoxy groups -OCH3 is 2. The van der Waals surface area contributed by atoms with Crippen LogP contribution in [0.2, 0.25) is 0 Å². The summed E-state index contributed by atoms with van der Waals surface area (Å²) < 4.78 is 41.3. The van der Waals surface area contributed by atoms with E-state index in [2.05, 4.69) is 80.2 Å².